The van der Waals surface area contributed by atoms with Gasteiger partial charge < -0.3 is 9.15 Å². The lowest BCUT2D eigenvalue weighted by Crippen LogP contribution is -1.83. The van der Waals surface area contributed by atoms with Gasteiger partial charge in [-0.25, -0.2) is 0 Å². The summed E-state index contributed by atoms with van der Waals surface area (Å²) in [6, 6.07) is 15.2. The third-order valence-electron chi connectivity index (χ3n) is 2.85. The summed E-state index contributed by atoms with van der Waals surface area (Å²) in [5.41, 5.74) is 1.70. The Morgan fingerprint density at radius 2 is 1.80 bits per heavy atom. The first-order valence-electron chi connectivity index (χ1n) is 6.01. The number of methoxy groups -OCH3 is 1. The van der Waals surface area contributed by atoms with Crippen molar-refractivity contribution in [3.63, 3.8) is 0 Å². The molecule has 3 aromatic rings. The van der Waals surface area contributed by atoms with Crippen molar-refractivity contribution < 1.29 is 9.15 Å². The second-order valence-electron chi connectivity index (χ2n) is 4.12. The zero-order chi connectivity index (χ0) is 13.9. The smallest absolute Gasteiger partial charge is 0.249 e. The maximum atomic E-state index is 5.73. The van der Waals surface area contributed by atoms with Crippen molar-refractivity contribution in [2.75, 3.05) is 7.11 Å². The zero-order valence-corrected chi connectivity index (χ0v) is 12.3. The molecule has 0 atom stereocenters. The summed E-state index contributed by atoms with van der Waals surface area (Å²) in [4.78, 5) is 0. The molecule has 0 saturated heterocycles. The Bertz CT molecular complexity index is 740. The molecule has 0 unspecified atom stereocenters. The Labute approximate surface area is 124 Å². The van der Waals surface area contributed by atoms with Gasteiger partial charge in [0.15, 0.2) is 0 Å². The van der Waals surface area contributed by atoms with Crippen molar-refractivity contribution >= 4 is 15.9 Å². The molecule has 0 N–H and O–H groups in total. The minimum absolute atomic E-state index is 0.467. The molecule has 0 spiro atoms. The summed E-state index contributed by atoms with van der Waals surface area (Å²) < 4.78 is 11.8. The lowest BCUT2D eigenvalue weighted by molar-refractivity contribution is 0.415. The molecule has 0 saturated carbocycles. The minimum Gasteiger partial charge on any atom is -0.497 e. The van der Waals surface area contributed by atoms with E-state index in [9.17, 15) is 0 Å². The average Bonchev–Trinajstić information content (AvgIpc) is 2.97. The number of hydrogen-bond acceptors (Lipinski definition) is 4. The highest BCUT2D eigenvalue weighted by Gasteiger charge is 2.12. The van der Waals surface area contributed by atoms with Crippen molar-refractivity contribution in [1.82, 2.24) is 10.2 Å². The molecule has 2 aromatic carbocycles. The van der Waals surface area contributed by atoms with E-state index >= 15 is 0 Å². The number of hydrogen-bond donors (Lipinski definition) is 0. The summed E-state index contributed by atoms with van der Waals surface area (Å²) in [5, 5.41) is 8.18. The minimum atomic E-state index is 0.467. The van der Waals surface area contributed by atoms with Crippen molar-refractivity contribution in [1.29, 1.82) is 0 Å². The number of nitrogens with zero attached hydrogens (tertiary/aromatic N) is 2. The maximum absolute atomic E-state index is 5.73. The van der Waals surface area contributed by atoms with Crippen molar-refractivity contribution in [2.24, 2.45) is 0 Å². The zero-order valence-electron chi connectivity index (χ0n) is 10.7. The summed E-state index contributed by atoms with van der Waals surface area (Å²) in [7, 11) is 1.62. The molecule has 0 amide bonds. The van der Waals surface area contributed by atoms with Crippen molar-refractivity contribution in [2.45, 2.75) is 0 Å². The largest absolute Gasteiger partial charge is 0.497 e. The summed E-state index contributed by atoms with van der Waals surface area (Å²) in [6.07, 6.45) is 0. The Morgan fingerprint density at radius 3 is 2.60 bits per heavy atom. The molecule has 0 fully saturated rings. The van der Waals surface area contributed by atoms with Gasteiger partial charge in [0, 0.05) is 10.0 Å². The van der Waals surface area contributed by atoms with Crippen LogP contribution >= 0.6 is 15.9 Å². The van der Waals surface area contributed by atoms with Gasteiger partial charge in [0.1, 0.15) is 5.75 Å². The van der Waals surface area contributed by atoms with Crippen LogP contribution in [0.5, 0.6) is 5.75 Å². The molecule has 0 bridgehead atoms. The molecule has 1 aromatic heterocycles. The second-order valence-corrected chi connectivity index (χ2v) is 4.98. The van der Waals surface area contributed by atoms with E-state index in [0.29, 0.717) is 11.8 Å². The predicted octanol–water partition coefficient (Wildman–Crippen LogP) is 4.17. The number of halogens is 1. The summed E-state index contributed by atoms with van der Waals surface area (Å²) in [6.45, 7) is 0. The number of ether oxygens (including phenoxy) is 1. The Hall–Kier alpha value is -2.14. The van der Waals surface area contributed by atoms with Gasteiger partial charge in [-0.2, -0.15) is 0 Å². The SMILES string of the molecule is COc1cccc(-c2nnc(-c3ccccc3Br)o2)c1. The molecule has 3 rings (SSSR count). The predicted molar refractivity (Wildman–Crippen MR) is 79.4 cm³/mol. The molecule has 20 heavy (non-hydrogen) atoms. The van der Waals surface area contributed by atoms with Crippen LogP contribution in [0.1, 0.15) is 0 Å². The van der Waals surface area contributed by atoms with Gasteiger partial charge in [-0.1, -0.05) is 18.2 Å². The third-order valence-corrected chi connectivity index (χ3v) is 3.54. The fourth-order valence-electron chi connectivity index (χ4n) is 1.84. The molecule has 1 heterocycles. The van der Waals surface area contributed by atoms with Crippen LogP contribution in [0.2, 0.25) is 0 Å². The van der Waals surface area contributed by atoms with Crippen LogP contribution in [0.25, 0.3) is 22.9 Å². The molecule has 5 heteroatoms. The van der Waals surface area contributed by atoms with E-state index in [1.807, 2.05) is 48.5 Å². The van der Waals surface area contributed by atoms with Gasteiger partial charge in [0.25, 0.3) is 0 Å². The Balaban J connectivity index is 2.00. The first-order chi connectivity index (χ1) is 9.78. The molecule has 0 radical (unpaired) electrons. The van der Waals surface area contributed by atoms with Gasteiger partial charge in [-0.05, 0) is 46.3 Å². The first kappa shape index (κ1) is 12.9. The van der Waals surface area contributed by atoms with Gasteiger partial charge in [0.05, 0.1) is 12.7 Å². The van der Waals surface area contributed by atoms with Crippen LogP contribution < -0.4 is 4.74 Å². The average molecular weight is 331 g/mol. The second kappa shape index (κ2) is 5.46. The van der Waals surface area contributed by atoms with E-state index in [0.717, 1.165) is 21.3 Å². The van der Waals surface area contributed by atoms with Gasteiger partial charge in [-0.3, -0.25) is 0 Å². The van der Waals surface area contributed by atoms with E-state index in [1.54, 1.807) is 7.11 Å². The van der Waals surface area contributed by atoms with Crippen LogP contribution in [0.4, 0.5) is 0 Å². The lowest BCUT2D eigenvalue weighted by atomic mass is 10.2. The molecule has 0 aliphatic heterocycles. The highest BCUT2D eigenvalue weighted by molar-refractivity contribution is 9.10. The standard InChI is InChI=1S/C15H11BrN2O2/c1-19-11-6-4-5-10(9-11)14-17-18-15(20-14)12-7-2-3-8-13(12)16/h2-9H,1H3. The van der Waals surface area contributed by atoms with Gasteiger partial charge >= 0.3 is 0 Å². The Kier molecular flexibility index (Phi) is 3.52. The lowest BCUT2D eigenvalue weighted by Gasteiger charge is -2.00. The number of aromatic nitrogens is 2. The van der Waals surface area contributed by atoms with E-state index in [4.69, 9.17) is 9.15 Å². The number of benzene rings is 2. The van der Waals surface area contributed by atoms with Crippen LogP contribution in [0.15, 0.2) is 57.4 Å². The number of rotatable bonds is 3. The van der Waals surface area contributed by atoms with Crippen molar-refractivity contribution in [3.05, 3.63) is 53.0 Å². The van der Waals surface area contributed by atoms with Crippen LogP contribution in [-0.2, 0) is 0 Å². The highest BCUT2D eigenvalue weighted by Crippen LogP contribution is 2.30. The fraction of sp³-hybridized carbons (Fsp3) is 0.0667. The van der Waals surface area contributed by atoms with E-state index < -0.39 is 0 Å². The van der Waals surface area contributed by atoms with Gasteiger partial charge in [0.2, 0.25) is 11.8 Å². The summed E-state index contributed by atoms with van der Waals surface area (Å²) >= 11 is 3.47. The van der Waals surface area contributed by atoms with E-state index in [-0.39, 0.29) is 0 Å². The fourth-order valence-corrected chi connectivity index (χ4v) is 2.29. The maximum Gasteiger partial charge on any atom is 0.249 e. The quantitative estimate of drug-likeness (QED) is 0.723. The van der Waals surface area contributed by atoms with E-state index in [2.05, 4.69) is 26.1 Å². The van der Waals surface area contributed by atoms with Crippen molar-refractivity contribution in [3.8, 4) is 28.7 Å². The molecule has 4 nitrogen and oxygen atoms in total. The van der Waals surface area contributed by atoms with Gasteiger partial charge in [-0.15, -0.1) is 10.2 Å². The van der Waals surface area contributed by atoms with Crippen LogP contribution in [0, 0.1) is 0 Å². The summed E-state index contributed by atoms with van der Waals surface area (Å²) in [5.74, 6) is 1.70. The molecule has 0 aliphatic rings. The van der Waals surface area contributed by atoms with Crippen LogP contribution in [-0.4, -0.2) is 17.3 Å². The first-order valence-corrected chi connectivity index (χ1v) is 6.80. The molecular formula is C15H11BrN2O2. The monoisotopic (exact) mass is 330 g/mol. The molecular weight excluding hydrogens is 320 g/mol. The van der Waals surface area contributed by atoms with E-state index in [1.165, 1.54) is 0 Å². The normalized spacial score (nSPS) is 10.5. The highest BCUT2D eigenvalue weighted by atomic mass is 79.9. The topological polar surface area (TPSA) is 48.2 Å². The van der Waals surface area contributed by atoms with Crippen LogP contribution in [0.3, 0.4) is 0 Å². The molecule has 100 valence electrons. The molecule has 0 aliphatic carbocycles. The third kappa shape index (κ3) is 2.44. The Morgan fingerprint density at radius 1 is 1.00 bits per heavy atom.